The molecule has 0 aliphatic heterocycles. The molecule has 1 aromatic carbocycles. The molecule has 0 spiro atoms. The van der Waals surface area contributed by atoms with Crippen LogP contribution in [0.3, 0.4) is 0 Å². The maximum Gasteiger partial charge on any atom is 0.244 e. The van der Waals surface area contributed by atoms with Crippen molar-refractivity contribution in [2.75, 3.05) is 0 Å². The van der Waals surface area contributed by atoms with Gasteiger partial charge in [-0.1, -0.05) is 23.7 Å². The molecule has 0 fully saturated rings. The van der Waals surface area contributed by atoms with E-state index in [1.807, 2.05) is 30.3 Å². The van der Waals surface area contributed by atoms with Gasteiger partial charge in [0.25, 0.3) is 0 Å². The Morgan fingerprint density at radius 3 is 2.89 bits per heavy atom. The molecule has 1 amide bonds. The highest BCUT2D eigenvalue weighted by Gasteiger charge is 1.99. The van der Waals surface area contributed by atoms with Gasteiger partial charge in [-0.3, -0.25) is 4.79 Å². The van der Waals surface area contributed by atoms with Gasteiger partial charge in [-0.25, -0.2) is 0 Å². The van der Waals surface area contributed by atoms with Gasteiger partial charge < -0.3 is 9.73 Å². The third-order valence-corrected chi connectivity index (χ3v) is 3.16. The normalized spacial score (nSPS) is 10.8. The zero-order valence-corrected chi connectivity index (χ0v) is 12.8. The van der Waals surface area contributed by atoms with Gasteiger partial charge in [0.15, 0.2) is 3.77 Å². The molecule has 0 aliphatic carbocycles. The summed E-state index contributed by atoms with van der Waals surface area (Å²) >= 11 is 7.94. The molecule has 19 heavy (non-hydrogen) atoms. The molecule has 98 valence electrons. The lowest BCUT2D eigenvalue weighted by atomic mass is 10.2. The van der Waals surface area contributed by atoms with E-state index >= 15 is 0 Å². The number of hydrogen-bond donors (Lipinski definition) is 1. The van der Waals surface area contributed by atoms with Crippen LogP contribution in [0.5, 0.6) is 0 Å². The number of benzene rings is 1. The third-order valence-electron chi connectivity index (χ3n) is 2.35. The van der Waals surface area contributed by atoms with Crippen LogP contribution < -0.4 is 5.32 Å². The van der Waals surface area contributed by atoms with Crippen molar-refractivity contribution in [1.82, 2.24) is 5.32 Å². The van der Waals surface area contributed by atoms with E-state index in [-0.39, 0.29) is 5.91 Å². The van der Waals surface area contributed by atoms with Crippen LogP contribution in [-0.2, 0) is 11.3 Å². The van der Waals surface area contributed by atoms with Crippen LogP contribution in [0, 0.1) is 3.77 Å². The fourth-order valence-electron chi connectivity index (χ4n) is 1.47. The highest BCUT2D eigenvalue weighted by Crippen LogP contribution is 2.12. The number of carbonyl (C=O) groups excluding carboxylic acids is 1. The zero-order chi connectivity index (χ0) is 13.7. The third kappa shape index (κ3) is 4.72. The number of furan rings is 1. The van der Waals surface area contributed by atoms with Crippen molar-refractivity contribution in [2.45, 2.75) is 6.54 Å². The van der Waals surface area contributed by atoms with Gasteiger partial charge in [-0.05, 0) is 58.5 Å². The van der Waals surface area contributed by atoms with Crippen molar-refractivity contribution in [3.63, 3.8) is 0 Å². The lowest BCUT2D eigenvalue weighted by molar-refractivity contribution is -0.116. The Hall–Kier alpha value is -1.27. The molecular formula is C14H11ClINO2. The van der Waals surface area contributed by atoms with Crippen LogP contribution in [-0.4, -0.2) is 5.91 Å². The van der Waals surface area contributed by atoms with Gasteiger partial charge in [0.2, 0.25) is 5.91 Å². The first kappa shape index (κ1) is 14.1. The SMILES string of the molecule is O=C(/C=C/c1ccc(I)o1)NCc1cccc(Cl)c1. The topological polar surface area (TPSA) is 42.2 Å². The minimum Gasteiger partial charge on any atom is -0.451 e. The molecule has 0 saturated carbocycles. The van der Waals surface area contributed by atoms with Gasteiger partial charge in [0.05, 0.1) is 0 Å². The van der Waals surface area contributed by atoms with Crippen LogP contribution in [0.25, 0.3) is 6.08 Å². The first-order valence-electron chi connectivity index (χ1n) is 5.59. The van der Waals surface area contributed by atoms with Crippen molar-refractivity contribution in [3.8, 4) is 0 Å². The summed E-state index contributed by atoms with van der Waals surface area (Å²) < 4.78 is 6.10. The lowest BCUT2D eigenvalue weighted by Gasteiger charge is -2.02. The van der Waals surface area contributed by atoms with E-state index in [2.05, 4.69) is 27.9 Å². The fourth-order valence-corrected chi connectivity index (χ4v) is 2.12. The van der Waals surface area contributed by atoms with Crippen molar-refractivity contribution < 1.29 is 9.21 Å². The maximum absolute atomic E-state index is 11.6. The number of nitrogens with one attached hydrogen (secondary N) is 1. The molecule has 1 aromatic heterocycles. The van der Waals surface area contributed by atoms with Crippen LogP contribution in [0.2, 0.25) is 5.02 Å². The second-order valence-electron chi connectivity index (χ2n) is 3.82. The molecule has 0 radical (unpaired) electrons. The number of rotatable bonds is 4. The Bertz CT molecular complexity index is 607. The molecule has 0 atom stereocenters. The quantitative estimate of drug-likeness (QED) is 0.639. The largest absolute Gasteiger partial charge is 0.451 e. The van der Waals surface area contributed by atoms with Crippen molar-refractivity contribution in [2.24, 2.45) is 0 Å². The predicted molar refractivity (Wildman–Crippen MR) is 83.8 cm³/mol. The van der Waals surface area contributed by atoms with E-state index in [0.717, 1.165) is 9.33 Å². The summed E-state index contributed by atoms with van der Waals surface area (Å²) in [6.07, 6.45) is 3.08. The Labute approximate surface area is 129 Å². The summed E-state index contributed by atoms with van der Waals surface area (Å²) in [6.45, 7) is 0.444. The summed E-state index contributed by atoms with van der Waals surface area (Å²) in [6, 6.07) is 11.0. The summed E-state index contributed by atoms with van der Waals surface area (Å²) in [5.41, 5.74) is 0.960. The zero-order valence-electron chi connectivity index (χ0n) is 9.90. The summed E-state index contributed by atoms with van der Waals surface area (Å²) in [7, 11) is 0. The molecule has 0 unspecified atom stereocenters. The van der Waals surface area contributed by atoms with Crippen LogP contribution in [0.4, 0.5) is 0 Å². The van der Waals surface area contributed by atoms with Gasteiger partial charge >= 0.3 is 0 Å². The maximum atomic E-state index is 11.6. The van der Waals surface area contributed by atoms with E-state index in [4.69, 9.17) is 16.0 Å². The lowest BCUT2D eigenvalue weighted by Crippen LogP contribution is -2.20. The molecule has 0 aliphatic rings. The van der Waals surface area contributed by atoms with Crippen molar-refractivity contribution in [3.05, 3.63) is 62.6 Å². The smallest absolute Gasteiger partial charge is 0.244 e. The number of amides is 1. The Morgan fingerprint density at radius 2 is 2.21 bits per heavy atom. The monoisotopic (exact) mass is 387 g/mol. The van der Waals surface area contributed by atoms with Crippen LogP contribution >= 0.6 is 34.2 Å². The van der Waals surface area contributed by atoms with Crippen LogP contribution in [0.15, 0.2) is 46.9 Å². The highest BCUT2D eigenvalue weighted by molar-refractivity contribution is 14.1. The Kier molecular flexibility index (Phi) is 5.04. The first-order valence-corrected chi connectivity index (χ1v) is 7.05. The fraction of sp³-hybridized carbons (Fsp3) is 0.0714. The molecule has 0 saturated heterocycles. The second kappa shape index (κ2) is 6.77. The van der Waals surface area contributed by atoms with Gasteiger partial charge in [-0.2, -0.15) is 0 Å². The Balaban J connectivity index is 1.86. The number of carbonyl (C=O) groups is 1. The molecule has 1 N–H and O–H groups in total. The van der Waals surface area contributed by atoms with E-state index in [0.29, 0.717) is 17.3 Å². The van der Waals surface area contributed by atoms with Gasteiger partial charge in [0, 0.05) is 17.6 Å². The predicted octanol–water partition coefficient (Wildman–Crippen LogP) is 3.87. The van der Waals surface area contributed by atoms with Gasteiger partial charge in [-0.15, -0.1) is 0 Å². The Morgan fingerprint density at radius 1 is 1.37 bits per heavy atom. The standard InChI is InChI=1S/C14H11ClINO2/c15-11-3-1-2-10(8-11)9-17-14(18)7-5-12-4-6-13(16)19-12/h1-8H,9H2,(H,17,18)/b7-5+. The minimum atomic E-state index is -0.175. The second-order valence-corrected chi connectivity index (χ2v) is 5.32. The van der Waals surface area contributed by atoms with E-state index in [1.54, 1.807) is 12.1 Å². The summed E-state index contributed by atoms with van der Waals surface area (Å²) in [5.74, 6) is 0.480. The van der Waals surface area contributed by atoms with E-state index in [9.17, 15) is 4.79 Å². The number of halogens is 2. The molecule has 2 rings (SSSR count). The molecule has 5 heteroatoms. The van der Waals surface area contributed by atoms with Crippen molar-refractivity contribution >= 4 is 46.2 Å². The minimum absolute atomic E-state index is 0.175. The average molecular weight is 388 g/mol. The average Bonchev–Trinajstić information content (AvgIpc) is 2.80. The van der Waals surface area contributed by atoms with E-state index < -0.39 is 0 Å². The van der Waals surface area contributed by atoms with Crippen molar-refractivity contribution in [1.29, 1.82) is 0 Å². The van der Waals surface area contributed by atoms with Crippen LogP contribution in [0.1, 0.15) is 11.3 Å². The first-order chi connectivity index (χ1) is 9.13. The molecule has 2 aromatic rings. The molecule has 1 heterocycles. The van der Waals surface area contributed by atoms with E-state index in [1.165, 1.54) is 6.08 Å². The molecule has 0 bridgehead atoms. The summed E-state index contributed by atoms with van der Waals surface area (Å²) in [5, 5.41) is 3.43. The molecular weight excluding hydrogens is 377 g/mol. The molecule has 3 nitrogen and oxygen atoms in total. The summed E-state index contributed by atoms with van der Waals surface area (Å²) in [4.78, 5) is 11.6. The van der Waals surface area contributed by atoms with Gasteiger partial charge in [0.1, 0.15) is 5.76 Å². The highest BCUT2D eigenvalue weighted by atomic mass is 127. The number of hydrogen-bond acceptors (Lipinski definition) is 2.